The van der Waals surface area contributed by atoms with Gasteiger partial charge >= 0.3 is 6.18 Å². The van der Waals surface area contributed by atoms with Gasteiger partial charge in [-0.25, -0.2) is 4.39 Å². The zero-order valence-corrected chi connectivity index (χ0v) is 10.3. The highest BCUT2D eigenvalue weighted by molar-refractivity contribution is 5.48. The molecule has 1 rings (SSSR count). The van der Waals surface area contributed by atoms with Crippen molar-refractivity contribution in [1.82, 2.24) is 5.32 Å². The van der Waals surface area contributed by atoms with Gasteiger partial charge in [0.25, 0.3) is 0 Å². The molecule has 0 atom stereocenters. The first kappa shape index (κ1) is 14.8. The number of alkyl halides is 3. The molecule has 0 fully saturated rings. The maximum atomic E-state index is 13.7. The van der Waals surface area contributed by atoms with Gasteiger partial charge in [-0.15, -0.1) is 0 Å². The summed E-state index contributed by atoms with van der Waals surface area (Å²) in [5.41, 5.74) is 0.658. The van der Waals surface area contributed by atoms with Crippen molar-refractivity contribution in [2.45, 2.75) is 19.6 Å². The van der Waals surface area contributed by atoms with Crippen molar-refractivity contribution in [3.63, 3.8) is 0 Å². The predicted molar refractivity (Wildman–Crippen MR) is 63.1 cm³/mol. The molecule has 0 aliphatic heterocycles. The molecule has 0 bridgehead atoms. The lowest BCUT2D eigenvalue weighted by atomic mass is 10.2. The van der Waals surface area contributed by atoms with Gasteiger partial charge in [-0.3, -0.25) is 0 Å². The van der Waals surface area contributed by atoms with E-state index in [-0.39, 0.29) is 5.69 Å². The molecule has 0 spiro atoms. The van der Waals surface area contributed by atoms with E-state index < -0.39 is 18.5 Å². The fourth-order valence-corrected chi connectivity index (χ4v) is 1.59. The van der Waals surface area contributed by atoms with Crippen molar-refractivity contribution < 1.29 is 17.6 Å². The van der Waals surface area contributed by atoms with Crippen LogP contribution in [0.25, 0.3) is 0 Å². The second kappa shape index (κ2) is 6.04. The molecule has 0 saturated heterocycles. The summed E-state index contributed by atoms with van der Waals surface area (Å²) in [5.74, 6) is -0.642. The van der Waals surface area contributed by atoms with E-state index in [1.807, 2.05) is 6.92 Å². The van der Waals surface area contributed by atoms with Gasteiger partial charge in [0.15, 0.2) is 0 Å². The van der Waals surface area contributed by atoms with Crippen LogP contribution < -0.4 is 10.2 Å². The SMILES string of the molecule is CCNCc1ccc(N(C)CC(F)(F)F)c(F)c1. The molecule has 0 unspecified atom stereocenters. The molecule has 0 aromatic heterocycles. The second-order valence-electron chi connectivity index (χ2n) is 4.04. The monoisotopic (exact) mass is 264 g/mol. The minimum atomic E-state index is -4.34. The Hall–Kier alpha value is -1.30. The molecule has 1 aromatic carbocycles. The Kier molecular flexibility index (Phi) is 4.95. The van der Waals surface area contributed by atoms with E-state index in [0.29, 0.717) is 12.1 Å². The van der Waals surface area contributed by atoms with Crippen LogP contribution in [-0.2, 0) is 6.54 Å². The molecule has 6 heteroatoms. The van der Waals surface area contributed by atoms with Gasteiger partial charge in [-0.05, 0) is 24.2 Å². The third kappa shape index (κ3) is 4.52. The number of anilines is 1. The summed E-state index contributed by atoms with van der Waals surface area (Å²) in [6, 6.07) is 4.24. The molecule has 0 aliphatic rings. The Morgan fingerprint density at radius 3 is 2.44 bits per heavy atom. The number of nitrogens with one attached hydrogen (secondary N) is 1. The normalized spacial score (nSPS) is 11.7. The van der Waals surface area contributed by atoms with E-state index in [4.69, 9.17) is 0 Å². The first-order valence-electron chi connectivity index (χ1n) is 5.60. The van der Waals surface area contributed by atoms with Gasteiger partial charge in [-0.2, -0.15) is 13.2 Å². The summed E-state index contributed by atoms with van der Waals surface area (Å²) in [7, 11) is 1.22. The van der Waals surface area contributed by atoms with Gasteiger partial charge < -0.3 is 10.2 Å². The van der Waals surface area contributed by atoms with E-state index in [0.717, 1.165) is 11.4 Å². The largest absolute Gasteiger partial charge is 0.405 e. The van der Waals surface area contributed by atoms with E-state index in [9.17, 15) is 17.6 Å². The standard InChI is InChI=1S/C12H16F4N2/c1-3-17-7-9-4-5-11(10(13)6-9)18(2)8-12(14,15)16/h4-6,17H,3,7-8H2,1-2H3. The Balaban J connectivity index is 2.78. The van der Waals surface area contributed by atoms with E-state index in [1.54, 1.807) is 6.07 Å². The topological polar surface area (TPSA) is 15.3 Å². The van der Waals surface area contributed by atoms with Crippen LogP contribution in [0.5, 0.6) is 0 Å². The van der Waals surface area contributed by atoms with E-state index >= 15 is 0 Å². The summed E-state index contributed by atoms with van der Waals surface area (Å²) in [5, 5.41) is 3.02. The number of hydrogen-bond donors (Lipinski definition) is 1. The molecule has 0 saturated carbocycles. The summed E-state index contributed by atoms with van der Waals surface area (Å²) in [4.78, 5) is 0.854. The second-order valence-corrected chi connectivity index (χ2v) is 4.04. The molecule has 102 valence electrons. The van der Waals surface area contributed by atoms with E-state index in [2.05, 4.69) is 5.32 Å². The van der Waals surface area contributed by atoms with Crippen molar-refractivity contribution in [3.05, 3.63) is 29.6 Å². The Morgan fingerprint density at radius 1 is 1.28 bits per heavy atom. The summed E-state index contributed by atoms with van der Waals surface area (Å²) < 4.78 is 50.3. The van der Waals surface area contributed by atoms with Crippen LogP contribution in [0.3, 0.4) is 0 Å². The molecule has 0 heterocycles. The van der Waals surface area contributed by atoms with Gasteiger partial charge in [-0.1, -0.05) is 13.0 Å². The number of benzene rings is 1. The van der Waals surface area contributed by atoms with Crippen molar-refractivity contribution >= 4 is 5.69 Å². The van der Waals surface area contributed by atoms with Crippen LogP contribution >= 0.6 is 0 Å². The smallest absolute Gasteiger partial charge is 0.363 e. The van der Waals surface area contributed by atoms with Crippen molar-refractivity contribution in [2.75, 3.05) is 25.0 Å². The maximum absolute atomic E-state index is 13.7. The molecule has 0 radical (unpaired) electrons. The average Bonchev–Trinajstić information content (AvgIpc) is 2.23. The third-order valence-corrected chi connectivity index (χ3v) is 2.42. The summed E-state index contributed by atoms with van der Waals surface area (Å²) in [6.45, 7) is 1.99. The van der Waals surface area contributed by atoms with Crippen LogP contribution in [0.2, 0.25) is 0 Å². The number of hydrogen-bond acceptors (Lipinski definition) is 2. The minimum Gasteiger partial charge on any atom is -0.363 e. The summed E-state index contributed by atoms with van der Waals surface area (Å²) in [6.07, 6.45) is -4.34. The fraction of sp³-hybridized carbons (Fsp3) is 0.500. The average molecular weight is 264 g/mol. The maximum Gasteiger partial charge on any atom is 0.405 e. The number of halogens is 4. The van der Waals surface area contributed by atoms with Crippen LogP contribution in [0, 0.1) is 5.82 Å². The van der Waals surface area contributed by atoms with Gasteiger partial charge in [0.1, 0.15) is 12.4 Å². The Morgan fingerprint density at radius 2 is 1.94 bits per heavy atom. The highest BCUT2D eigenvalue weighted by Crippen LogP contribution is 2.24. The van der Waals surface area contributed by atoms with Gasteiger partial charge in [0.2, 0.25) is 0 Å². The van der Waals surface area contributed by atoms with Crippen LogP contribution in [-0.4, -0.2) is 26.3 Å². The predicted octanol–water partition coefficient (Wildman–Crippen LogP) is 2.93. The lowest BCUT2D eigenvalue weighted by molar-refractivity contribution is -0.119. The number of rotatable bonds is 5. The van der Waals surface area contributed by atoms with Gasteiger partial charge in [0, 0.05) is 13.6 Å². The Bertz CT molecular complexity index is 390. The molecule has 2 nitrogen and oxygen atoms in total. The fourth-order valence-electron chi connectivity index (χ4n) is 1.59. The van der Waals surface area contributed by atoms with Crippen molar-refractivity contribution in [2.24, 2.45) is 0 Å². The zero-order chi connectivity index (χ0) is 13.8. The highest BCUT2D eigenvalue weighted by atomic mass is 19.4. The van der Waals surface area contributed by atoms with Crippen molar-refractivity contribution in [1.29, 1.82) is 0 Å². The molecule has 1 aromatic rings. The van der Waals surface area contributed by atoms with Crippen LogP contribution in [0.4, 0.5) is 23.2 Å². The molecule has 18 heavy (non-hydrogen) atoms. The number of nitrogens with zero attached hydrogens (tertiary/aromatic N) is 1. The lowest BCUT2D eigenvalue weighted by Crippen LogP contribution is -2.31. The Labute approximate surface area is 104 Å². The van der Waals surface area contributed by atoms with Crippen LogP contribution in [0.1, 0.15) is 12.5 Å². The molecular formula is C12H16F4N2. The highest BCUT2D eigenvalue weighted by Gasteiger charge is 2.30. The quantitative estimate of drug-likeness (QED) is 0.823. The zero-order valence-electron chi connectivity index (χ0n) is 10.3. The summed E-state index contributed by atoms with van der Waals surface area (Å²) >= 11 is 0. The molecule has 0 amide bonds. The molecular weight excluding hydrogens is 248 g/mol. The molecule has 0 aliphatic carbocycles. The minimum absolute atomic E-state index is 0.0485. The first-order chi connectivity index (χ1) is 8.33. The van der Waals surface area contributed by atoms with Crippen molar-refractivity contribution in [3.8, 4) is 0 Å². The van der Waals surface area contributed by atoms with Crippen LogP contribution in [0.15, 0.2) is 18.2 Å². The first-order valence-corrected chi connectivity index (χ1v) is 5.60. The molecule has 1 N–H and O–H groups in total. The van der Waals surface area contributed by atoms with Gasteiger partial charge in [0.05, 0.1) is 5.69 Å². The lowest BCUT2D eigenvalue weighted by Gasteiger charge is -2.21. The third-order valence-electron chi connectivity index (χ3n) is 2.42. The van der Waals surface area contributed by atoms with E-state index in [1.165, 1.54) is 19.2 Å².